The first-order valence-electron chi connectivity index (χ1n) is 5.98. The van der Waals surface area contributed by atoms with E-state index in [9.17, 15) is 0 Å². The van der Waals surface area contributed by atoms with Crippen LogP contribution in [0.1, 0.15) is 39.5 Å². The number of hydrogen-bond donors (Lipinski definition) is 0. The molecule has 1 nitrogen and oxygen atoms in total. The summed E-state index contributed by atoms with van der Waals surface area (Å²) in [6.45, 7) is 9.58. The van der Waals surface area contributed by atoms with Crippen LogP contribution in [-0.2, 0) is 0 Å². The molecular formula is C11H24BN. The number of nitrogens with zero attached hydrogens (tertiary/aromatic N) is 1. The molecule has 2 heteroatoms. The van der Waals surface area contributed by atoms with Crippen molar-refractivity contribution in [1.29, 1.82) is 0 Å². The van der Waals surface area contributed by atoms with E-state index in [-0.39, 0.29) is 0 Å². The molecule has 0 aromatic heterocycles. The van der Waals surface area contributed by atoms with Crippen molar-refractivity contribution in [1.82, 2.24) is 4.81 Å². The van der Waals surface area contributed by atoms with Gasteiger partial charge in [0.2, 0.25) is 7.41 Å². The lowest BCUT2D eigenvalue weighted by atomic mass is 9.92. The zero-order valence-electron chi connectivity index (χ0n) is 9.55. The Morgan fingerprint density at radius 1 is 1.46 bits per heavy atom. The zero-order valence-corrected chi connectivity index (χ0v) is 9.55. The summed E-state index contributed by atoms with van der Waals surface area (Å²) in [6.07, 6.45) is 5.77. The largest absolute Gasteiger partial charge is 0.345 e. The molecule has 1 atom stereocenters. The van der Waals surface area contributed by atoms with Crippen LogP contribution in [0.25, 0.3) is 0 Å². The molecule has 0 N–H and O–H groups in total. The molecule has 0 heterocycles. The number of rotatable bonds is 7. The van der Waals surface area contributed by atoms with Gasteiger partial charge in [0.05, 0.1) is 0 Å². The summed E-state index contributed by atoms with van der Waals surface area (Å²) in [4.78, 5) is 2.62. The summed E-state index contributed by atoms with van der Waals surface area (Å²) < 4.78 is 0. The molecule has 0 aromatic carbocycles. The van der Waals surface area contributed by atoms with E-state index in [1.807, 2.05) is 0 Å². The summed E-state index contributed by atoms with van der Waals surface area (Å²) in [5, 5.41) is 0. The first kappa shape index (κ1) is 11.1. The lowest BCUT2D eigenvalue weighted by Gasteiger charge is -2.23. The molecule has 0 saturated heterocycles. The maximum Gasteiger partial charge on any atom is 0.201 e. The molecule has 0 spiro atoms. The van der Waals surface area contributed by atoms with Crippen molar-refractivity contribution in [3.63, 3.8) is 0 Å². The van der Waals surface area contributed by atoms with Gasteiger partial charge in [0.1, 0.15) is 0 Å². The van der Waals surface area contributed by atoms with E-state index in [0.29, 0.717) is 0 Å². The van der Waals surface area contributed by atoms with Gasteiger partial charge in [-0.05, 0) is 31.3 Å². The van der Waals surface area contributed by atoms with Gasteiger partial charge in [0.15, 0.2) is 0 Å². The molecule has 1 aliphatic rings. The van der Waals surface area contributed by atoms with Crippen LogP contribution in [0.3, 0.4) is 0 Å². The number of hydrogen-bond acceptors (Lipinski definition) is 1. The van der Waals surface area contributed by atoms with E-state index < -0.39 is 0 Å². The van der Waals surface area contributed by atoms with Gasteiger partial charge in [-0.15, -0.1) is 0 Å². The smallest absolute Gasteiger partial charge is 0.201 e. The molecule has 1 fully saturated rings. The summed E-state index contributed by atoms with van der Waals surface area (Å²) in [7, 11) is 1.23. The molecule has 0 radical (unpaired) electrons. The van der Waals surface area contributed by atoms with Crippen LogP contribution in [0.15, 0.2) is 0 Å². The maximum atomic E-state index is 2.62. The van der Waals surface area contributed by atoms with E-state index in [2.05, 4.69) is 25.5 Å². The molecule has 0 bridgehead atoms. The quantitative estimate of drug-likeness (QED) is 0.545. The van der Waals surface area contributed by atoms with E-state index in [1.165, 1.54) is 46.2 Å². The van der Waals surface area contributed by atoms with Crippen molar-refractivity contribution >= 4 is 7.41 Å². The standard InChI is InChI=1S/C11H24BN/c1-4-10(2)9-13(12-3)8-7-11-5-6-11/h10-12H,4-9H2,1-3H3. The fourth-order valence-electron chi connectivity index (χ4n) is 1.72. The van der Waals surface area contributed by atoms with Crippen LogP contribution in [0.4, 0.5) is 0 Å². The van der Waals surface area contributed by atoms with Gasteiger partial charge in [-0.2, -0.15) is 0 Å². The molecule has 0 amide bonds. The second-order valence-electron chi connectivity index (χ2n) is 4.64. The Morgan fingerprint density at radius 2 is 2.15 bits per heavy atom. The van der Waals surface area contributed by atoms with E-state index in [1.54, 1.807) is 0 Å². The SMILES string of the molecule is CBN(CCC1CC1)CC(C)CC. The molecule has 1 saturated carbocycles. The molecule has 76 valence electrons. The minimum absolute atomic E-state index is 0.874. The average molecular weight is 181 g/mol. The summed E-state index contributed by atoms with van der Waals surface area (Å²) in [5.41, 5.74) is 0. The van der Waals surface area contributed by atoms with Crippen molar-refractivity contribution in [2.24, 2.45) is 11.8 Å². The van der Waals surface area contributed by atoms with E-state index in [0.717, 1.165) is 11.8 Å². The highest BCUT2D eigenvalue weighted by Crippen LogP contribution is 2.32. The van der Waals surface area contributed by atoms with E-state index in [4.69, 9.17) is 0 Å². The lowest BCUT2D eigenvalue weighted by Crippen LogP contribution is -2.31. The summed E-state index contributed by atoms with van der Waals surface area (Å²) in [5.74, 6) is 1.96. The van der Waals surface area contributed by atoms with Gasteiger partial charge in [-0.1, -0.05) is 39.9 Å². The highest BCUT2D eigenvalue weighted by Gasteiger charge is 2.21. The Bertz CT molecular complexity index is 134. The highest BCUT2D eigenvalue weighted by atomic mass is 15.0. The fourth-order valence-corrected chi connectivity index (χ4v) is 1.72. The molecule has 1 rings (SSSR count). The van der Waals surface area contributed by atoms with Crippen molar-refractivity contribution in [3.05, 3.63) is 0 Å². The van der Waals surface area contributed by atoms with Gasteiger partial charge in [0, 0.05) is 0 Å². The second kappa shape index (κ2) is 5.69. The topological polar surface area (TPSA) is 3.24 Å². The monoisotopic (exact) mass is 181 g/mol. The predicted molar refractivity (Wildman–Crippen MR) is 61.4 cm³/mol. The molecule has 0 aliphatic heterocycles. The summed E-state index contributed by atoms with van der Waals surface area (Å²) >= 11 is 0. The van der Waals surface area contributed by atoms with Gasteiger partial charge in [-0.3, -0.25) is 0 Å². The van der Waals surface area contributed by atoms with Crippen LogP contribution < -0.4 is 0 Å². The Balaban J connectivity index is 2.08. The fraction of sp³-hybridized carbons (Fsp3) is 1.00. The Morgan fingerprint density at radius 3 is 2.62 bits per heavy atom. The third kappa shape index (κ3) is 4.71. The van der Waals surface area contributed by atoms with Gasteiger partial charge < -0.3 is 4.81 Å². The Labute approximate surface area is 84.2 Å². The van der Waals surface area contributed by atoms with Gasteiger partial charge >= 0.3 is 0 Å². The van der Waals surface area contributed by atoms with Crippen LogP contribution in [0.2, 0.25) is 6.82 Å². The third-order valence-electron chi connectivity index (χ3n) is 3.26. The normalized spacial score (nSPS) is 19.1. The minimum atomic E-state index is 0.874. The second-order valence-corrected chi connectivity index (χ2v) is 4.64. The van der Waals surface area contributed by atoms with Crippen molar-refractivity contribution < 1.29 is 0 Å². The first-order valence-corrected chi connectivity index (χ1v) is 5.98. The van der Waals surface area contributed by atoms with Gasteiger partial charge in [-0.25, -0.2) is 0 Å². The van der Waals surface area contributed by atoms with Crippen molar-refractivity contribution in [2.75, 3.05) is 13.1 Å². The molecule has 13 heavy (non-hydrogen) atoms. The van der Waals surface area contributed by atoms with E-state index >= 15 is 0 Å². The van der Waals surface area contributed by atoms with Crippen LogP contribution >= 0.6 is 0 Å². The highest BCUT2D eigenvalue weighted by molar-refractivity contribution is 6.29. The zero-order chi connectivity index (χ0) is 9.68. The van der Waals surface area contributed by atoms with Crippen molar-refractivity contribution in [3.8, 4) is 0 Å². The summed E-state index contributed by atoms with van der Waals surface area (Å²) in [6, 6.07) is 0. The van der Waals surface area contributed by atoms with Crippen LogP contribution in [0, 0.1) is 11.8 Å². The maximum absolute atomic E-state index is 2.62. The first-order chi connectivity index (χ1) is 6.26. The van der Waals surface area contributed by atoms with Crippen LogP contribution in [-0.4, -0.2) is 25.3 Å². The molecule has 1 unspecified atom stereocenters. The minimum Gasteiger partial charge on any atom is -0.345 e. The Hall–Kier alpha value is 0.0249. The Kier molecular flexibility index (Phi) is 4.86. The predicted octanol–water partition coefficient (Wildman–Crippen LogP) is 2.53. The average Bonchev–Trinajstić information content (AvgIpc) is 2.95. The molecule has 0 aromatic rings. The van der Waals surface area contributed by atoms with Gasteiger partial charge in [0.25, 0.3) is 0 Å². The molecule has 1 aliphatic carbocycles. The third-order valence-corrected chi connectivity index (χ3v) is 3.26. The lowest BCUT2D eigenvalue weighted by molar-refractivity contribution is 0.353. The van der Waals surface area contributed by atoms with Crippen molar-refractivity contribution in [2.45, 2.75) is 46.4 Å². The van der Waals surface area contributed by atoms with Crippen LogP contribution in [0.5, 0.6) is 0 Å². The molecular weight excluding hydrogens is 157 g/mol.